The van der Waals surface area contributed by atoms with E-state index in [1.54, 1.807) is 0 Å². The number of hydrogen-bond acceptors (Lipinski definition) is 0. The first-order valence-corrected chi connectivity index (χ1v) is 48.9. The fourth-order valence-corrected chi connectivity index (χ4v) is 23.0. The summed E-state index contributed by atoms with van der Waals surface area (Å²) in [7, 11) is 0. The number of rotatable bonds is 11. The Kier molecular flexibility index (Phi) is 19.2. The normalized spacial score (nSPS) is 11.8. The van der Waals surface area contributed by atoms with E-state index in [-0.39, 0.29) is 0 Å². The van der Waals surface area contributed by atoms with Crippen molar-refractivity contribution in [2.75, 3.05) is 0 Å². The number of para-hydroxylation sites is 6. The zero-order valence-corrected chi connectivity index (χ0v) is 77.5. The van der Waals surface area contributed by atoms with Crippen LogP contribution in [0.1, 0.15) is 0 Å². The number of benzene rings is 24. The Balaban J connectivity index is 0.000000104. The topological polar surface area (TPSA) is 29.6 Å². The predicted octanol–water partition coefficient (Wildman–Crippen LogP) is 36.6. The summed E-state index contributed by atoms with van der Waals surface area (Å²) >= 11 is 0. The van der Waals surface area contributed by atoms with Gasteiger partial charge in [-0.05, 0) is 250 Å². The first-order valence-electron chi connectivity index (χ1n) is 48.9. The third-order valence-corrected chi connectivity index (χ3v) is 29.5. The molecular weight excluding hydrogens is 1720 g/mol. The molecule has 0 saturated carbocycles. The highest BCUT2D eigenvalue weighted by atomic mass is 15.0. The van der Waals surface area contributed by atoms with Crippen LogP contribution >= 0.6 is 0 Å². The maximum atomic E-state index is 2.44. The van der Waals surface area contributed by atoms with Gasteiger partial charge in [0, 0.05) is 98.8 Å². The van der Waals surface area contributed by atoms with E-state index in [9.17, 15) is 0 Å². The molecule has 0 saturated heterocycles. The highest BCUT2D eigenvalue weighted by Crippen LogP contribution is 2.49. The second-order valence-corrected chi connectivity index (χ2v) is 37.3. The van der Waals surface area contributed by atoms with Crippen molar-refractivity contribution in [3.63, 3.8) is 0 Å². The molecule has 0 fully saturated rings. The van der Waals surface area contributed by atoms with Crippen LogP contribution in [0.3, 0.4) is 0 Å². The lowest BCUT2D eigenvalue weighted by atomic mass is 10.00. The van der Waals surface area contributed by atoms with Crippen LogP contribution in [0, 0.1) is 0 Å². The third-order valence-electron chi connectivity index (χ3n) is 29.5. The summed E-state index contributed by atoms with van der Waals surface area (Å²) < 4.78 is 14.6. The molecule has 6 nitrogen and oxygen atoms in total. The van der Waals surface area contributed by atoms with Crippen molar-refractivity contribution in [1.82, 2.24) is 27.4 Å². The number of hydrogen-bond donors (Lipinski definition) is 0. The molecule has 30 rings (SSSR count). The number of fused-ring (bicyclic) bond motifs is 26. The molecule has 30 aromatic rings. The van der Waals surface area contributed by atoms with E-state index in [0.29, 0.717) is 0 Å². The molecule has 24 aromatic carbocycles. The summed E-state index contributed by atoms with van der Waals surface area (Å²) in [6, 6.07) is 194. The molecule has 0 bridgehead atoms. The Bertz CT molecular complexity index is 10300. The van der Waals surface area contributed by atoms with E-state index < -0.39 is 0 Å². The third kappa shape index (κ3) is 13.4. The average Bonchev–Trinajstić information content (AvgIpc) is 1.55. The zero-order chi connectivity index (χ0) is 93.4. The van der Waals surface area contributed by atoms with Crippen LogP contribution in [0.4, 0.5) is 0 Å². The van der Waals surface area contributed by atoms with Crippen molar-refractivity contribution < 1.29 is 0 Å². The summed E-state index contributed by atoms with van der Waals surface area (Å²) in [5.74, 6) is 0. The van der Waals surface area contributed by atoms with Crippen LogP contribution in [0.15, 0.2) is 534 Å². The fourth-order valence-electron chi connectivity index (χ4n) is 23.0. The zero-order valence-electron chi connectivity index (χ0n) is 77.5. The molecule has 0 radical (unpaired) electrons. The maximum absolute atomic E-state index is 2.44. The van der Waals surface area contributed by atoms with E-state index >= 15 is 0 Å². The molecule has 6 heterocycles. The highest BCUT2D eigenvalue weighted by molar-refractivity contribution is 6.32. The largest absolute Gasteiger partial charge is 0.309 e. The standard InChI is InChI=1S/2C46H30N2.C44H28N2/c1-2-11-31(12-3-1)33-21-23-34(24-22-33)36-15-10-16-37(29-36)47-41-19-8-6-17-39(41)45-43(47)27-28-44-46(45)40-18-7-9-20-42(40)48(44)38-26-25-32-13-4-5-14-35(32)30-38;1-2-11-31(12-3-1)33-23-25-37(26-24-33)47-41-19-8-6-17-39(41)45-43(47)27-28-44-46(45)40-18-7-9-20-42(40)48(44)38-16-10-15-35(30-38)36-22-21-32-13-4-5-14-34(32)29-36;1-2-10-29(11-3-1)30-20-22-33(23-21-30)45-39-16-8-6-14-37(39)43-41(45)26-27-42-44(43)38-15-7-9-17-40(38)46(42)34-24-25-36-32(28-34)19-18-31-12-4-5-13-35(31)36/h2*1-30H;1-28H. The molecule has 6 aromatic heterocycles. The summed E-state index contributed by atoms with van der Waals surface area (Å²) in [5.41, 5.74) is 33.7. The van der Waals surface area contributed by atoms with Crippen molar-refractivity contribution in [2.45, 2.75) is 0 Å². The first kappa shape index (κ1) is 81.5. The summed E-state index contributed by atoms with van der Waals surface area (Å²) in [6.45, 7) is 0. The Morgan fingerprint density at radius 3 is 0.676 bits per heavy atom. The average molecular weight is 1810 g/mol. The van der Waals surface area contributed by atoms with Crippen LogP contribution in [0.2, 0.25) is 0 Å². The Morgan fingerprint density at radius 1 is 0.0915 bits per heavy atom. The Labute approximate surface area is 819 Å². The lowest BCUT2D eigenvalue weighted by Gasteiger charge is -2.12. The fraction of sp³-hybridized carbons (Fsp3) is 0. The van der Waals surface area contributed by atoms with Crippen LogP contribution in [0.25, 0.3) is 264 Å². The van der Waals surface area contributed by atoms with Gasteiger partial charge >= 0.3 is 0 Å². The predicted molar refractivity (Wildman–Crippen MR) is 603 cm³/mol. The first-order chi connectivity index (χ1) is 70.5. The minimum Gasteiger partial charge on any atom is -0.309 e. The van der Waals surface area contributed by atoms with Gasteiger partial charge in [-0.3, -0.25) is 0 Å². The van der Waals surface area contributed by atoms with Crippen LogP contribution < -0.4 is 0 Å². The van der Waals surface area contributed by atoms with E-state index in [4.69, 9.17) is 0 Å². The van der Waals surface area contributed by atoms with Gasteiger partial charge in [0.25, 0.3) is 0 Å². The minimum atomic E-state index is 1.16. The van der Waals surface area contributed by atoms with E-state index in [1.807, 2.05) is 0 Å². The summed E-state index contributed by atoms with van der Waals surface area (Å²) in [6.07, 6.45) is 0. The van der Waals surface area contributed by atoms with E-state index in [1.165, 1.54) is 241 Å². The van der Waals surface area contributed by atoms with Gasteiger partial charge < -0.3 is 27.4 Å². The molecule has 0 aliphatic rings. The van der Waals surface area contributed by atoms with Crippen molar-refractivity contribution in [3.8, 4) is 89.8 Å². The second kappa shape index (κ2) is 33.5. The van der Waals surface area contributed by atoms with Crippen LogP contribution in [-0.2, 0) is 0 Å². The van der Waals surface area contributed by atoms with Crippen molar-refractivity contribution in [2.24, 2.45) is 0 Å². The number of aromatic nitrogens is 6. The lowest BCUT2D eigenvalue weighted by molar-refractivity contribution is 1.17. The molecule has 6 heteroatoms. The van der Waals surface area contributed by atoms with Gasteiger partial charge in [0.2, 0.25) is 0 Å². The summed E-state index contributed by atoms with van der Waals surface area (Å²) in [5, 5.41) is 25.4. The van der Waals surface area contributed by atoms with Crippen molar-refractivity contribution in [1.29, 1.82) is 0 Å². The SMILES string of the molecule is c1ccc(-c2ccc(-c3cccc(-n4c5ccccc5c5c6c7ccccc7n(-c7ccc8ccccc8c7)c6ccc54)c3)cc2)cc1.c1ccc(-c2ccc(-n3c4ccccc4c4c5c6ccccc6n(-c6ccc7c(ccc8ccccc87)c6)c5ccc43)cc2)cc1.c1ccc(-c2ccc(-n3c4ccccc4c4c5c6ccccc6n(-c6cccc(-c7ccc8ccccc8c7)c6)c5ccc43)cc2)cc1. The van der Waals surface area contributed by atoms with Gasteiger partial charge in [0.15, 0.2) is 0 Å². The molecule has 0 atom stereocenters. The van der Waals surface area contributed by atoms with Crippen molar-refractivity contribution in [3.05, 3.63) is 534 Å². The lowest BCUT2D eigenvalue weighted by Crippen LogP contribution is -1.95. The van der Waals surface area contributed by atoms with Gasteiger partial charge in [-0.1, -0.05) is 382 Å². The van der Waals surface area contributed by atoms with Gasteiger partial charge in [0.1, 0.15) is 0 Å². The van der Waals surface area contributed by atoms with Gasteiger partial charge in [0.05, 0.1) is 66.2 Å². The van der Waals surface area contributed by atoms with Crippen LogP contribution in [-0.4, -0.2) is 27.4 Å². The minimum absolute atomic E-state index is 1.16. The number of nitrogens with zero attached hydrogens (tertiary/aromatic N) is 6. The molecule has 0 amide bonds. The molecule has 0 aliphatic carbocycles. The Hall–Kier alpha value is -18.9. The molecule has 0 spiro atoms. The maximum Gasteiger partial charge on any atom is 0.0548 e. The molecule has 0 unspecified atom stereocenters. The molecular formula is C136H88N6. The quantitative estimate of drug-likeness (QED) is 0.116. The van der Waals surface area contributed by atoms with E-state index in [0.717, 1.165) is 22.7 Å². The monoisotopic (exact) mass is 1800 g/mol. The molecule has 0 N–H and O–H groups in total. The second-order valence-electron chi connectivity index (χ2n) is 37.3. The van der Waals surface area contributed by atoms with Gasteiger partial charge in [-0.2, -0.15) is 0 Å². The van der Waals surface area contributed by atoms with Gasteiger partial charge in [-0.15, -0.1) is 0 Å². The van der Waals surface area contributed by atoms with E-state index in [2.05, 4.69) is 561 Å². The highest BCUT2D eigenvalue weighted by Gasteiger charge is 2.27. The molecule has 0 aliphatic heterocycles. The van der Waals surface area contributed by atoms with Crippen LogP contribution in [0.5, 0.6) is 0 Å². The Morgan fingerprint density at radius 2 is 0.303 bits per heavy atom. The van der Waals surface area contributed by atoms with Gasteiger partial charge in [-0.25, -0.2) is 0 Å². The molecule has 662 valence electrons. The smallest absolute Gasteiger partial charge is 0.0548 e. The van der Waals surface area contributed by atoms with Crippen molar-refractivity contribution >= 4 is 174 Å². The molecule has 142 heavy (non-hydrogen) atoms. The summed E-state index contributed by atoms with van der Waals surface area (Å²) in [4.78, 5) is 0.